The minimum atomic E-state index is -0.318. The molecule has 0 fully saturated rings. The summed E-state index contributed by atoms with van der Waals surface area (Å²) in [6.45, 7) is 13.9. The van der Waals surface area contributed by atoms with Crippen molar-refractivity contribution in [2.75, 3.05) is 7.11 Å². The number of ether oxygens (including phenoxy) is 2. The Balaban J connectivity index is 2.53. The molecule has 4 nitrogen and oxygen atoms in total. The third kappa shape index (κ3) is 5.91. The third-order valence-corrected chi connectivity index (χ3v) is 4.12. The van der Waals surface area contributed by atoms with Crippen molar-refractivity contribution in [3.63, 3.8) is 0 Å². The minimum absolute atomic E-state index is 0.0971. The van der Waals surface area contributed by atoms with Crippen LogP contribution in [0.5, 0.6) is 5.75 Å². The maximum atomic E-state index is 12.3. The van der Waals surface area contributed by atoms with Crippen LogP contribution >= 0.6 is 0 Å². The van der Waals surface area contributed by atoms with E-state index >= 15 is 0 Å². The smallest absolute Gasteiger partial charge is 0.415 e. The maximum Gasteiger partial charge on any atom is 0.415 e. The van der Waals surface area contributed by atoms with E-state index in [0.717, 1.165) is 18.6 Å². The number of methoxy groups -OCH3 is 1. The largest absolute Gasteiger partial charge is 0.497 e. The Hall–Kier alpha value is -1.97. The first kappa shape index (κ1) is 20.1. The number of allylic oxidation sites excluding steroid dienone is 1. The van der Waals surface area contributed by atoms with Crippen molar-refractivity contribution in [2.24, 2.45) is 5.92 Å². The first-order valence-corrected chi connectivity index (χ1v) is 8.58. The molecule has 4 heteroatoms. The van der Waals surface area contributed by atoms with E-state index in [-0.39, 0.29) is 24.1 Å². The molecular formula is C20H31NO3. The van der Waals surface area contributed by atoms with Crippen molar-refractivity contribution in [2.45, 2.75) is 59.5 Å². The normalized spacial score (nSPS) is 12.2. The summed E-state index contributed by atoms with van der Waals surface area (Å²) < 4.78 is 10.7. The van der Waals surface area contributed by atoms with Gasteiger partial charge in [-0.1, -0.05) is 25.6 Å². The number of hydrogen-bond acceptors (Lipinski definition) is 3. The van der Waals surface area contributed by atoms with Gasteiger partial charge in [-0.2, -0.15) is 0 Å². The molecule has 1 rings (SSSR count). The topological polar surface area (TPSA) is 38.8 Å². The Morgan fingerprint density at radius 1 is 1.08 bits per heavy atom. The van der Waals surface area contributed by atoms with E-state index in [1.807, 2.05) is 46.8 Å². The van der Waals surface area contributed by atoms with Gasteiger partial charge in [0, 0.05) is 18.0 Å². The highest BCUT2D eigenvalue weighted by Crippen LogP contribution is 2.20. The summed E-state index contributed by atoms with van der Waals surface area (Å²) >= 11 is 0. The molecule has 24 heavy (non-hydrogen) atoms. The number of benzene rings is 1. The Kier molecular flexibility index (Phi) is 7.83. The van der Waals surface area contributed by atoms with Crippen LogP contribution in [0.1, 0.15) is 46.6 Å². The molecule has 0 aliphatic rings. The van der Waals surface area contributed by atoms with Crippen molar-refractivity contribution in [1.29, 1.82) is 0 Å². The number of hydrogen-bond donors (Lipinski definition) is 0. The number of carbonyl (C=O) groups is 1. The fraction of sp³-hybridized carbons (Fsp3) is 0.550. The molecule has 0 N–H and O–H groups in total. The summed E-state index contributed by atoms with van der Waals surface area (Å²) in [5.74, 6) is 1.49. The van der Waals surface area contributed by atoms with Gasteiger partial charge in [-0.05, 0) is 58.2 Å². The molecule has 0 bridgehead atoms. The summed E-state index contributed by atoms with van der Waals surface area (Å²) in [7, 11) is 1.66. The summed E-state index contributed by atoms with van der Waals surface area (Å²) in [4.78, 5) is 14.0. The number of rotatable bonds is 8. The molecule has 0 radical (unpaired) electrons. The van der Waals surface area contributed by atoms with Crippen molar-refractivity contribution in [3.8, 4) is 5.75 Å². The van der Waals surface area contributed by atoms with Gasteiger partial charge < -0.3 is 14.4 Å². The highest BCUT2D eigenvalue weighted by molar-refractivity contribution is 5.69. The Bertz CT molecular complexity index is 526. The SMILES string of the molecule is C=C(OC(=O)N(C(C)C)C(C)C)[C@H](C)CCc1ccc(OC)cc1. The Labute approximate surface area is 146 Å². The fourth-order valence-corrected chi connectivity index (χ4v) is 2.62. The summed E-state index contributed by atoms with van der Waals surface area (Å²) in [5.41, 5.74) is 1.23. The molecule has 0 aliphatic heterocycles. The number of aryl methyl sites for hydroxylation is 1. The van der Waals surface area contributed by atoms with E-state index in [4.69, 9.17) is 9.47 Å². The average molecular weight is 333 g/mol. The fourth-order valence-electron chi connectivity index (χ4n) is 2.62. The summed E-state index contributed by atoms with van der Waals surface area (Å²) in [6, 6.07) is 8.22. The number of amides is 1. The van der Waals surface area contributed by atoms with Crippen molar-refractivity contribution in [3.05, 3.63) is 42.2 Å². The van der Waals surface area contributed by atoms with Gasteiger partial charge in [-0.25, -0.2) is 4.79 Å². The highest BCUT2D eigenvalue weighted by Gasteiger charge is 2.23. The number of nitrogens with zero attached hydrogens (tertiary/aromatic N) is 1. The van der Waals surface area contributed by atoms with E-state index in [0.29, 0.717) is 5.76 Å². The standard InChI is InChI=1S/C20H31NO3/c1-14(2)21(15(3)4)20(22)24-17(6)16(5)8-9-18-10-12-19(23-7)13-11-18/h10-16H,6,8-9H2,1-5,7H3/t16-/m1/s1. The molecule has 1 atom stereocenters. The van der Waals surface area contributed by atoms with Crippen molar-refractivity contribution in [1.82, 2.24) is 4.90 Å². The van der Waals surface area contributed by atoms with Crippen LogP contribution in [0.15, 0.2) is 36.6 Å². The van der Waals surface area contributed by atoms with Crippen LogP contribution in [0, 0.1) is 5.92 Å². The van der Waals surface area contributed by atoms with Gasteiger partial charge in [-0.3, -0.25) is 0 Å². The van der Waals surface area contributed by atoms with E-state index in [2.05, 4.69) is 18.7 Å². The van der Waals surface area contributed by atoms with Crippen LogP contribution in [0.2, 0.25) is 0 Å². The molecule has 0 unspecified atom stereocenters. The van der Waals surface area contributed by atoms with Crippen LogP contribution in [0.25, 0.3) is 0 Å². The van der Waals surface area contributed by atoms with Crippen LogP contribution in [-0.4, -0.2) is 30.2 Å². The second-order valence-electron chi connectivity index (χ2n) is 6.72. The molecule has 1 aromatic carbocycles. The zero-order valence-corrected chi connectivity index (χ0v) is 15.8. The molecule has 134 valence electrons. The molecule has 0 saturated heterocycles. The maximum absolute atomic E-state index is 12.3. The average Bonchev–Trinajstić information content (AvgIpc) is 2.52. The lowest BCUT2D eigenvalue weighted by Crippen LogP contribution is -2.42. The monoisotopic (exact) mass is 333 g/mol. The van der Waals surface area contributed by atoms with Gasteiger partial charge in [0.1, 0.15) is 11.5 Å². The molecule has 1 aromatic rings. The van der Waals surface area contributed by atoms with E-state index in [1.54, 1.807) is 12.0 Å². The Morgan fingerprint density at radius 2 is 1.62 bits per heavy atom. The minimum Gasteiger partial charge on any atom is -0.497 e. The first-order chi connectivity index (χ1) is 11.3. The second-order valence-corrected chi connectivity index (χ2v) is 6.72. The summed E-state index contributed by atoms with van der Waals surface area (Å²) in [5, 5.41) is 0. The first-order valence-electron chi connectivity index (χ1n) is 8.58. The molecule has 0 saturated carbocycles. The lowest BCUT2D eigenvalue weighted by atomic mass is 10.00. The summed E-state index contributed by atoms with van der Waals surface area (Å²) in [6.07, 6.45) is 1.46. The zero-order chi connectivity index (χ0) is 18.3. The zero-order valence-electron chi connectivity index (χ0n) is 15.8. The predicted molar refractivity (Wildman–Crippen MR) is 98.2 cm³/mol. The van der Waals surface area contributed by atoms with Crippen molar-refractivity contribution >= 4 is 6.09 Å². The molecule has 0 aliphatic carbocycles. The van der Waals surface area contributed by atoms with Gasteiger partial charge >= 0.3 is 6.09 Å². The highest BCUT2D eigenvalue weighted by atomic mass is 16.6. The van der Waals surface area contributed by atoms with E-state index in [9.17, 15) is 4.79 Å². The number of carbonyl (C=O) groups excluding carboxylic acids is 1. The van der Waals surface area contributed by atoms with Gasteiger partial charge in [0.15, 0.2) is 0 Å². The lowest BCUT2D eigenvalue weighted by Gasteiger charge is -2.30. The quantitative estimate of drug-likeness (QED) is 0.626. The van der Waals surface area contributed by atoms with Gasteiger partial charge in [0.25, 0.3) is 0 Å². The Morgan fingerprint density at radius 3 is 2.08 bits per heavy atom. The van der Waals surface area contributed by atoms with Crippen LogP contribution in [-0.2, 0) is 11.2 Å². The molecular weight excluding hydrogens is 302 g/mol. The van der Waals surface area contributed by atoms with Crippen molar-refractivity contribution < 1.29 is 14.3 Å². The van der Waals surface area contributed by atoms with Crippen LogP contribution in [0.3, 0.4) is 0 Å². The van der Waals surface area contributed by atoms with Gasteiger partial charge in [0.2, 0.25) is 0 Å². The van der Waals surface area contributed by atoms with Crippen LogP contribution in [0.4, 0.5) is 4.79 Å². The molecule has 0 aromatic heterocycles. The molecule has 0 spiro atoms. The predicted octanol–water partition coefficient (Wildman–Crippen LogP) is 5.03. The van der Waals surface area contributed by atoms with E-state index < -0.39 is 0 Å². The molecule has 0 heterocycles. The lowest BCUT2D eigenvalue weighted by molar-refractivity contribution is 0.0946. The van der Waals surface area contributed by atoms with Gasteiger partial charge in [0.05, 0.1) is 7.11 Å². The second kappa shape index (κ2) is 9.36. The van der Waals surface area contributed by atoms with E-state index in [1.165, 1.54) is 5.56 Å². The third-order valence-electron chi connectivity index (χ3n) is 4.12. The molecule has 1 amide bonds. The van der Waals surface area contributed by atoms with Crippen LogP contribution < -0.4 is 4.74 Å². The van der Waals surface area contributed by atoms with Gasteiger partial charge in [-0.15, -0.1) is 0 Å².